The maximum absolute atomic E-state index is 12.4. The van der Waals surface area contributed by atoms with Crippen molar-refractivity contribution in [3.63, 3.8) is 0 Å². The Labute approximate surface area is 157 Å². The van der Waals surface area contributed by atoms with Crippen molar-refractivity contribution in [2.45, 2.75) is 38.6 Å². The molecule has 0 aromatic heterocycles. The number of carbonyl (C=O) groups is 2. The zero-order chi connectivity index (χ0) is 20.2. The average molecular weight is 370 g/mol. The van der Waals surface area contributed by atoms with Crippen LogP contribution in [0.2, 0.25) is 0 Å². The van der Waals surface area contributed by atoms with Crippen molar-refractivity contribution in [1.29, 1.82) is 0 Å². The van der Waals surface area contributed by atoms with E-state index in [9.17, 15) is 24.8 Å². The predicted octanol–water partition coefficient (Wildman–Crippen LogP) is 3.84. The van der Waals surface area contributed by atoms with E-state index in [2.05, 4.69) is 26.1 Å². The van der Waals surface area contributed by atoms with E-state index in [1.807, 2.05) is 24.3 Å². The third kappa shape index (κ3) is 5.37. The molecule has 7 nitrogen and oxygen atoms in total. The second-order valence-electron chi connectivity index (χ2n) is 7.30. The van der Waals surface area contributed by atoms with E-state index in [0.29, 0.717) is 5.56 Å². The van der Waals surface area contributed by atoms with Gasteiger partial charge >= 0.3 is 5.97 Å². The van der Waals surface area contributed by atoms with Crippen LogP contribution in [0.15, 0.2) is 48.5 Å². The molecule has 0 radical (unpaired) electrons. The smallest absolute Gasteiger partial charge is 0.305 e. The molecule has 0 saturated carbocycles. The van der Waals surface area contributed by atoms with Gasteiger partial charge in [-0.05, 0) is 28.7 Å². The van der Waals surface area contributed by atoms with Crippen LogP contribution in [0, 0.1) is 10.1 Å². The van der Waals surface area contributed by atoms with Crippen molar-refractivity contribution in [2.75, 3.05) is 0 Å². The highest BCUT2D eigenvalue weighted by Crippen LogP contribution is 2.25. The Kier molecular flexibility index (Phi) is 5.95. The molecule has 0 aliphatic carbocycles. The standard InChI is InChI=1S/C20H22N2O5/c1-20(2,3)15-8-4-13(5-9-15)17(12-18(23)24)21-19(25)14-6-10-16(11-7-14)22(26)27/h4-11,17H,12H2,1-3H3,(H,21,25)(H,23,24)/t17-/m0/s1. The molecule has 0 aliphatic rings. The molecule has 2 N–H and O–H groups in total. The van der Waals surface area contributed by atoms with Gasteiger partial charge in [0.15, 0.2) is 0 Å². The van der Waals surface area contributed by atoms with Crippen molar-refractivity contribution in [3.8, 4) is 0 Å². The number of hydrogen-bond acceptors (Lipinski definition) is 4. The Balaban J connectivity index is 2.22. The molecule has 1 amide bonds. The fraction of sp³-hybridized carbons (Fsp3) is 0.300. The number of amides is 1. The van der Waals surface area contributed by atoms with Gasteiger partial charge in [0.05, 0.1) is 17.4 Å². The van der Waals surface area contributed by atoms with Crippen LogP contribution in [0.3, 0.4) is 0 Å². The van der Waals surface area contributed by atoms with Crippen LogP contribution >= 0.6 is 0 Å². The van der Waals surface area contributed by atoms with E-state index in [4.69, 9.17) is 0 Å². The molecule has 27 heavy (non-hydrogen) atoms. The molecule has 0 aliphatic heterocycles. The first-order chi connectivity index (χ1) is 12.6. The second-order valence-corrected chi connectivity index (χ2v) is 7.30. The van der Waals surface area contributed by atoms with Gasteiger partial charge in [0.1, 0.15) is 0 Å². The number of aliphatic carboxylic acids is 1. The largest absolute Gasteiger partial charge is 0.481 e. The molecule has 0 fully saturated rings. The number of nitrogens with one attached hydrogen (secondary N) is 1. The van der Waals surface area contributed by atoms with Gasteiger partial charge in [0.2, 0.25) is 0 Å². The van der Waals surface area contributed by atoms with Crippen molar-refractivity contribution in [1.82, 2.24) is 5.32 Å². The number of benzene rings is 2. The van der Waals surface area contributed by atoms with Gasteiger partial charge in [0, 0.05) is 17.7 Å². The lowest BCUT2D eigenvalue weighted by Crippen LogP contribution is -2.30. The number of non-ortho nitro benzene ring substituents is 1. The van der Waals surface area contributed by atoms with Gasteiger partial charge in [-0.25, -0.2) is 0 Å². The normalized spacial score (nSPS) is 12.3. The summed E-state index contributed by atoms with van der Waals surface area (Å²) in [5.74, 6) is -1.53. The van der Waals surface area contributed by atoms with Crippen LogP contribution in [0.1, 0.15) is 54.7 Å². The fourth-order valence-corrected chi connectivity index (χ4v) is 2.62. The highest BCUT2D eigenvalue weighted by atomic mass is 16.6. The second kappa shape index (κ2) is 7.99. The molecule has 2 rings (SSSR count). The molecule has 0 bridgehead atoms. The SMILES string of the molecule is CC(C)(C)c1ccc([C@H](CC(=O)O)NC(=O)c2ccc([N+](=O)[O-])cc2)cc1. The van der Waals surface area contributed by atoms with E-state index in [-0.39, 0.29) is 23.1 Å². The van der Waals surface area contributed by atoms with Crippen LogP contribution in [0.5, 0.6) is 0 Å². The number of carboxylic acids is 1. The molecular formula is C20H22N2O5. The highest BCUT2D eigenvalue weighted by Gasteiger charge is 2.21. The molecule has 2 aromatic carbocycles. The summed E-state index contributed by atoms with van der Waals surface area (Å²) in [5.41, 5.74) is 1.85. The first kappa shape index (κ1) is 20.1. The lowest BCUT2D eigenvalue weighted by molar-refractivity contribution is -0.384. The lowest BCUT2D eigenvalue weighted by atomic mass is 9.86. The van der Waals surface area contributed by atoms with Crippen LogP contribution in [0.4, 0.5) is 5.69 Å². The van der Waals surface area contributed by atoms with E-state index in [0.717, 1.165) is 5.56 Å². The van der Waals surface area contributed by atoms with Gasteiger partial charge < -0.3 is 10.4 Å². The molecule has 7 heteroatoms. The summed E-state index contributed by atoms with van der Waals surface area (Å²) in [4.78, 5) is 33.8. The van der Waals surface area contributed by atoms with Crippen LogP contribution < -0.4 is 5.32 Å². The zero-order valence-corrected chi connectivity index (χ0v) is 15.4. The molecule has 142 valence electrons. The quantitative estimate of drug-likeness (QED) is 0.593. The minimum absolute atomic E-state index is 0.0389. The molecule has 0 saturated heterocycles. The number of nitro groups is 1. The summed E-state index contributed by atoms with van der Waals surface area (Å²) in [6, 6.07) is 11.9. The molecule has 1 atom stereocenters. The molecule has 0 unspecified atom stereocenters. The first-order valence-electron chi connectivity index (χ1n) is 8.45. The Morgan fingerprint density at radius 2 is 1.63 bits per heavy atom. The van der Waals surface area contributed by atoms with Crippen LogP contribution in [-0.4, -0.2) is 21.9 Å². The Bertz CT molecular complexity index is 836. The van der Waals surface area contributed by atoms with Gasteiger partial charge in [-0.2, -0.15) is 0 Å². The number of rotatable bonds is 6. The van der Waals surface area contributed by atoms with Gasteiger partial charge in [-0.15, -0.1) is 0 Å². The third-order valence-corrected chi connectivity index (χ3v) is 4.20. The van der Waals surface area contributed by atoms with Crippen molar-refractivity contribution in [3.05, 3.63) is 75.3 Å². The Morgan fingerprint density at radius 1 is 1.07 bits per heavy atom. The summed E-state index contributed by atoms with van der Waals surface area (Å²) >= 11 is 0. The van der Waals surface area contributed by atoms with E-state index in [1.165, 1.54) is 24.3 Å². The zero-order valence-electron chi connectivity index (χ0n) is 15.4. The maximum atomic E-state index is 12.4. The lowest BCUT2D eigenvalue weighted by Gasteiger charge is -2.22. The number of hydrogen-bond donors (Lipinski definition) is 2. The summed E-state index contributed by atoms with van der Waals surface area (Å²) in [7, 11) is 0. The highest BCUT2D eigenvalue weighted by molar-refractivity contribution is 5.94. The topological polar surface area (TPSA) is 110 Å². The fourth-order valence-electron chi connectivity index (χ4n) is 2.62. The van der Waals surface area contributed by atoms with Crippen LogP contribution in [-0.2, 0) is 10.2 Å². The summed E-state index contributed by atoms with van der Waals surface area (Å²) in [6.07, 6.45) is -0.270. The molecule has 2 aromatic rings. The number of nitrogens with zero attached hydrogens (tertiary/aromatic N) is 1. The van der Waals surface area contributed by atoms with Crippen molar-refractivity contribution in [2.24, 2.45) is 0 Å². The van der Waals surface area contributed by atoms with Gasteiger partial charge in [-0.3, -0.25) is 19.7 Å². The van der Waals surface area contributed by atoms with Gasteiger partial charge in [0.25, 0.3) is 11.6 Å². The predicted molar refractivity (Wildman–Crippen MR) is 101 cm³/mol. The van der Waals surface area contributed by atoms with Crippen molar-refractivity contribution < 1.29 is 19.6 Å². The number of nitro benzene ring substituents is 1. The summed E-state index contributed by atoms with van der Waals surface area (Å²) in [5, 5.41) is 22.6. The minimum atomic E-state index is -1.04. The Morgan fingerprint density at radius 3 is 2.07 bits per heavy atom. The Hall–Kier alpha value is -3.22. The monoisotopic (exact) mass is 370 g/mol. The van der Waals surface area contributed by atoms with Crippen LogP contribution in [0.25, 0.3) is 0 Å². The number of carbonyl (C=O) groups excluding carboxylic acids is 1. The summed E-state index contributed by atoms with van der Waals surface area (Å²) < 4.78 is 0. The van der Waals surface area contributed by atoms with E-state index < -0.39 is 22.8 Å². The first-order valence-corrected chi connectivity index (χ1v) is 8.45. The van der Waals surface area contributed by atoms with Gasteiger partial charge in [-0.1, -0.05) is 45.0 Å². The third-order valence-electron chi connectivity index (χ3n) is 4.20. The summed E-state index contributed by atoms with van der Waals surface area (Å²) in [6.45, 7) is 6.23. The molecular weight excluding hydrogens is 348 g/mol. The van der Waals surface area contributed by atoms with E-state index in [1.54, 1.807) is 0 Å². The minimum Gasteiger partial charge on any atom is -0.481 e. The molecule has 0 heterocycles. The van der Waals surface area contributed by atoms with Crippen molar-refractivity contribution >= 4 is 17.6 Å². The average Bonchev–Trinajstić information content (AvgIpc) is 2.60. The maximum Gasteiger partial charge on any atom is 0.305 e. The number of carboxylic acid groups (broad SMARTS) is 1. The molecule has 0 spiro atoms. The van der Waals surface area contributed by atoms with E-state index >= 15 is 0 Å².